The van der Waals surface area contributed by atoms with E-state index in [-0.39, 0.29) is 24.2 Å². The Hall–Kier alpha value is -2.23. The second-order valence-corrected chi connectivity index (χ2v) is 8.65. The van der Waals surface area contributed by atoms with Gasteiger partial charge >= 0.3 is 17.9 Å². The number of carbonyl (C=O) groups is 3. The van der Waals surface area contributed by atoms with E-state index in [0.717, 1.165) is 0 Å². The molecule has 0 radical (unpaired) electrons. The van der Waals surface area contributed by atoms with Gasteiger partial charge in [0.1, 0.15) is 18.3 Å². The van der Waals surface area contributed by atoms with Gasteiger partial charge < -0.3 is 29.2 Å². The van der Waals surface area contributed by atoms with Crippen molar-refractivity contribution in [2.75, 3.05) is 13.2 Å². The largest absolute Gasteiger partial charge is 0.465 e. The van der Waals surface area contributed by atoms with Gasteiger partial charge in [-0.3, -0.25) is 4.79 Å². The van der Waals surface area contributed by atoms with Crippen LogP contribution in [0.5, 0.6) is 0 Å². The number of esters is 3. The summed E-state index contributed by atoms with van der Waals surface area (Å²) in [5, 5.41) is 20.2. The van der Waals surface area contributed by atoms with E-state index < -0.39 is 66.4 Å². The summed E-state index contributed by atoms with van der Waals surface area (Å²) in [6.45, 7) is 8.03. The molecule has 172 valence electrons. The third-order valence-electron chi connectivity index (χ3n) is 6.44. The van der Waals surface area contributed by atoms with Crippen molar-refractivity contribution in [2.24, 2.45) is 11.8 Å². The molecule has 7 unspecified atom stereocenters. The van der Waals surface area contributed by atoms with Gasteiger partial charge in [-0.1, -0.05) is 12.7 Å². The van der Waals surface area contributed by atoms with Crippen LogP contribution in [0.15, 0.2) is 23.8 Å². The molecule has 0 saturated carbocycles. The maximum absolute atomic E-state index is 12.6. The van der Waals surface area contributed by atoms with Gasteiger partial charge in [-0.15, -0.1) is 0 Å². The molecule has 0 spiro atoms. The summed E-state index contributed by atoms with van der Waals surface area (Å²) in [7, 11) is 0. The van der Waals surface area contributed by atoms with E-state index in [0.29, 0.717) is 12.8 Å². The summed E-state index contributed by atoms with van der Waals surface area (Å²) in [4.78, 5) is 36.4. The summed E-state index contributed by atoms with van der Waals surface area (Å²) in [5.41, 5.74) is -0.521. The van der Waals surface area contributed by atoms with Crippen LogP contribution >= 0.6 is 0 Å². The maximum Gasteiger partial charge on any atom is 0.336 e. The molecule has 3 rings (SSSR count). The van der Waals surface area contributed by atoms with Gasteiger partial charge in [0, 0.05) is 24.8 Å². The molecule has 0 aliphatic carbocycles. The molecule has 3 heterocycles. The molecule has 0 amide bonds. The Kier molecular flexibility index (Phi) is 6.88. The molecular formula is C22H30O9. The molecule has 2 bridgehead atoms. The van der Waals surface area contributed by atoms with E-state index in [2.05, 4.69) is 6.58 Å². The third-order valence-corrected chi connectivity index (χ3v) is 6.44. The topological polar surface area (TPSA) is 129 Å². The number of rotatable bonds is 5. The Bertz CT molecular complexity index is 788. The van der Waals surface area contributed by atoms with Gasteiger partial charge in [-0.2, -0.15) is 0 Å². The fraction of sp³-hybridized carbons (Fsp3) is 0.682. The monoisotopic (exact) mass is 438 g/mol. The average Bonchev–Trinajstić information content (AvgIpc) is 2.85. The zero-order chi connectivity index (χ0) is 22.9. The zero-order valence-electron chi connectivity index (χ0n) is 18.0. The van der Waals surface area contributed by atoms with Crippen LogP contribution in [0.2, 0.25) is 0 Å². The fourth-order valence-corrected chi connectivity index (χ4v) is 4.71. The summed E-state index contributed by atoms with van der Waals surface area (Å²) in [6.07, 6.45) is -0.696. The van der Waals surface area contributed by atoms with Gasteiger partial charge in [0.2, 0.25) is 0 Å². The van der Waals surface area contributed by atoms with Gasteiger partial charge in [0.05, 0.1) is 36.4 Å². The van der Waals surface area contributed by atoms with Crippen molar-refractivity contribution in [3.05, 3.63) is 23.8 Å². The van der Waals surface area contributed by atoms with Crippen molar-refractivity contribution in [1.82, 2.24) is 0 Å². The second kappa shape index (κ2) is 9.10. The Morgan fingerprint density at radius 2 is 2.06 bits per heavy atom. The molecule has 0 aromatic heterocycles. The van der Waals surface area contributed by atoms with Crippen LogP contribution in [-0.4, -0.2) is 71.4 Å². The number of carbonyl (C=O) groups excluding carboxylic acids is 3. The first kappa shape index (κ1) is 23.4. The van der Waals surface area contributed by atoms with Crippen molar-refractivity contribution in [1.29, 1.82) is 0 Å². The van der Waals surface area contributed by atoms with E-state index in [9.17, 15) is 24.6 Å². The number of hydrogen-bond acceptors (Lipinski definition) is 9. The van der Waals surface area contributed by atoms with Crippen molar-refractivity contribution in [3.63, 3.8) is 0 Å². The predicted molar refractivity (Wildman–Crippen MR) is 106 cm³/mol. The second-order valence-electron chi connectivity index (χ2n) is 8.65. The fourth-order valence-electron chi connectivity index (χ4n) is 4.71. The van der Waals surface area contributed by atoms with E-state index >= 15 is 0 Å². The molecule has 2 N–H and O–H groups in total. The standard InChI is InChI=1S/C22H30O9/c1-5-13(9-23)21(27)29-16-8-22(4)7-6-15(25)14(10-28-12(3)24)18(31-22)19-17(16)11(2)20(26)30-19/h5,14-19,23,25H,2,6-10H2,1,3-4H3. The van der Waals surface area contributed by atoms with Gasteiger partial charge in [-0.05, 0) is 26.7 Å². The first-order valence-corrected chi connectivity index (χ1v) is 10.5. The molecular weight excluding hydrogens is 408 g/mol. The quantitative estimate of drug-likeness (QED) is 0.364. The molecule has 0 aromatic carbocycles. The molecule has 9 heteroatoms. The number of aliphatic hydroxyl groups is 2. The Morgan fingerprint density at radius 3 is 2.68 bits per heavy atom. The Morgan fingerprint density at radius 1 is 1.35 bits per heavy atom. The van der Waals surface area contributed by atoms with Gasteiger partial charge in [0.15, 0.2) is 0 Å². The summed E-state index contributed by atoms with van der Waals surface area (Å²) < 4.78 is 22.9. The van der Waals surface area contributed by atoms with Crippen molar-refractivity contribution >= 4 is 17.9 Å². The lowest BCUT2D eigenvalue weighted by atomic mass is 9.78. The summed E-state index contributed by atoms with van der Waals surface area (Å²) in [5.74, 6) is -3.12. The highest BCUT2D eigenvalue weighted by atomic mass is 16.6. The molecule has 3 fully saturated rings. The number of aliphatic hydroxyl groups excluding tert-OH is 2. The SMILES string of the molecule is C=C1C(=O)OC2C3OC(C)(CCC(O)C3COC(C)=O)CC(OC(=O)C(=CC)CO)C12. The lowest BCUT2D eigenvalue weighted by molar-refractivity contribution is -0.173. The highest BCUT2D eigenvalue weighted by molar-refractivity contribution is 5.92. The molecule has 31 heavy (non-hydrogen) atoms. The number of ether oxygens (including phenoxy) is 4. The van der Waals surface area contributed by atoms with Crippen LogP contribution in [0.25, 0.3) is 0 Å². The highest BCUT2D eigenvalue weighted by Gasteiger charge is 2.58. The van der Waals surface area contributed by atoms with Crippen molar-refractivity contribution in [3.8, 4) is 0 Å². The average molecular weight is 438 g/mol. The molecule has 3 aliphatic rings. The molecule has 0 aromatic rings. The van der Waals surface area contributed by atoms with Crippen LogP contribution in [-0.2, 0) is 33.3 Å². The van der Waals surface area contributed by atoms with Crippen LogP contribution in [0.3, 0.4) is 0 Å². The smallest absolute Gasteiger partial charge is 0.336 e. The van der Waals surface area contributed by atoms with E-state index in [1.165, 1.54) is 13.0 Å². The minimum Gasteiger partial charge on any atom is -0.465 e. The van der Waals surface area contributed by atoms with Crippen LogP contribution < -0.4 is 0 Å². The first-order valence-electron chi connectivity index (χ1n) is 10.5. The van der Waals surface area contributed by atoms with Crippen LogP contribution in [0.1, 0.15) is 40.0 Å². The third kappa shape index (κ3) is 4.68. The normalized spacial score (nSPS) is 37.9. The van der Waals surface area contributed by atoms with Crippen LogP contribution in [0.4, 0.5) is 0 Å². The predicted octanol–water partition coefficient (Wildman–Crippen LogP) is 0.816. The highest BCUT2D eigenvalue weighted by Crippen LogP contribution is 2.47. The summed E-state index contributed by atoms with van der Waals surface area (Å²) >= 11 is 0. The van der Waals surface area contributed by atoms with Crippen molar-refractivity contribution < 1.29 is 43.5 Å². The number of allylic oxidation sites excluding steroid dienone is 1. The molecule has 7 atom stereocenters. The lowest BCUT2D eigenvalue weighted by Crippen LogP contribution is -2.47. The van der Waals surface area contributed by atoms with E-state index in [4.69, 9.17) is 18.9 Å². The lowest BCUT2D eigenvalue weighted by Gasteiger charge is -2.34. The maximum atomic E-state index is 12.6. The van der Waals surface area contributed by atoms with E-state index in [1.54, 1.807) is 6.92 Å². The number of fused-ring (bicyclic) bond motifs is 4. The minimum atomic E-state index is -0.865. The first-order chi connectivity index (χ1) is 14.6. The van der Waals surface area contributed by atoms with Gasteiger partial charge in [0.25, 0.3) is 0 Å². The van der Waals surface area contributed by atoms with Crippen LogP contribution in [0, 0.1) is 11.8 Å². The molecule has 3 saturated heterocycles. The molecule has 3 aliphatic heterocycles. The summed E-state index contributed by atoms with van der Waals surface area (Å²) in [6, 6.07) is 0. The van der Waals surface area contributed by atoms with E-state index in [1.807, 2.05) is 6.92 Å². The van der Waals surface area contributed by atoms with Gasteiger partial charge in [-0.25, -0.2) is 9.59 Å². The minimum absolute atomic E-state index is 0.0951. The molecule has 9 nitrogen and oxygen atoms in total. The van der Waals surface area contributed by atoms with Crippen molar-refractivity contribution in [2.45, 2.75) is 70.1 Å². The number of hydrogen-bond donors (Lipinski definition) is 2. The Labute approximate surface area is 181 Å². The zero-order valence-corrected chi connectivity index (χ0v) is 18.0. The Balaban J connectivity index is 1.98.